The molecular weight excluding hydrogens is 456 g/mol. The Bertz CT molecular complexity index is 1200. The maximum atomic E-state index is 12.8. The van der Waals surface area contributed by atoms with Crippen LogP contribution in [0.2, 0.25) is 0 Å². The van der Waals surface area contributed by atoms with Gasteiger partial charge in [0.25, 0.3) is 11.8 Å². The first-order chi connectivity index (χ1) is 17.2. The molecule has 3 aromatic carbocycles. The second-order valence-electron chi connectivity index (χ2n) is 8.25. The molecule has 0 aliphatic rings. The highest BCUT2D eigenvalue weighted by Crippen LogP contribution is 2.25. The van der Waals surface area contributed by atoms with Gasteiger partial charge in [-0.2, -0.15) is 0 Å². The van der Waals surface area contributed by atoms with Crippen LogP contribution < -0.4 is 21.3 Å². The Hall–Kier alpha value is -4.46. The maximum Gasteiger partial charge on any atom is 0.255 e. The van der Waals surface area contributed by atoms with Crippen LogP contribution in [-0.4, -0.2) is 23.6 Å². The van der Waals surface area contributed by atoms with Gasteiger partial charge in [0.05, 0.1) is 0 Å². The van der Waals surface area contributed by atoms with Crippen molar-refractivity contribution in [3.8, 4) is 0 Å². The van der Waals surface area contributed by atoms with Crippen LogP contribution in [0.15, 0.2) is 60.7 Å². The van der Waals surface area contributed by atoms with E-state index in [2.05, 4.69) is 21.3 Å². The van der Waals surface area contributed by atoms with Crippen LogP contribution in [0.25, 0.3) is 0 Å². The number of rotatable bonds is 8. The smallest absolute Gasteiger partial charge is 0.255 e. The van der Waals surface area contributed by atoms with Gasteiger partial charge in [0.2, 0.25) is 11.8 Å². The van der Waals surface area contributed by atoms with Crippen LogP contribution in [0.1, 0.15) is 58.5 Å². The van der Waals surface area contributed by atoms with Crippen molar-refractivity contribution in [1.29, 1.82) is 0 Å². The summed E-state index contributed by atoms with van der Waals surface area (Å²) in [5.41, 5.74) is 4.71. The average molecular weight is 487 g/mol. The number of carbonyl (C=O) groups is 4. The number of nitrogens with one attached hydrogen (secondary N) is 4. The third kappa shape index (κ3) is 6.35. The lowest BCUT2D eigenvalue weighted by molar-refractivity contribution is -0.116. The van der Waals surface area contributed by atoms with Crippen molar-refractivity contribution in [2.75, 3.05) is 21.3 Å². The van der Waals surface area contributed by atoms with Crippen LogP contribution in [0.5, 0.6) is 0 Å². The zero-order valence-electron chi connectivity index (χ0n) is 20.8. The molecular formula is C28H30N4O4. The Labute approximate surface area is 210 Å². The second kappa shape index (κ2) is 11.8. The summed E-state index contributed by atoms with van der Waals surface area (Å²) in [6.07, 6.45) is 0.715. The molecule has 0 saturated carbocycles. The lowest BCUT2D eigenvalue weighted by Gasteiger charge is -2.14. The molecule has 0 fully saturated rings. The molecule has 0 unspecified atom stereocenters. The first kappa shape index (κ1) is 26.2. The molecule has 0 radical (unpaired) electrons. The summed E-state index contributed by atoms with van der Waals surface area (Å²) in [5.74, 6) is -0.885. The van der Waals surface area contributed by atoms with Crippen LogP contribution >= 0.6 is 0 Å². The standard InChI is InChI=1S/C28H30N4O4/c1-5-25(33)29-21-9-7-11-23(17(21)3)31-27(35)19-13-15-20(16-14-19)28(36)32-24-12-8-10-22(18(24)4)30-26(34)6-2/h7-16H,5-6H2,1-4H3,(H,29,33)(H,30,34)(H,31,35)(H,32,36). The van der Waals surface area contributed by atoms with E-state index in [0.29, 0.717) is 46.7 Å². The van der Waals surface area contributed by atoms with E-state index in [1.165, 1.54) is 0 Å². The topological polar surface area (TPSA) is 116 Å². The molecule has 0 bridgehead atoms. The number of hydrogen-bond acceptors (Lipinski definition) is 4. The summed E-state index contributed by atoms with van der Waals surface area (Å²) in [6, 6.07) is 16.9. The zero-order chi connectivity index (χ0) is 26.2. The Kier molecular flexibility index (Phi) is 8.57. The molecule has 186 valence electrons. The monoisotopic (exact) mass is 486 g/mol. The summed E-state index contributed by atoms with van der Waals surface area (Å²) in [6.45, 7) is 7.18. The lowest BCUT2D eigenvalue weighted by atomic mass is 10.1. The molecule has 4 N–H and O–H groups in total. The van der Waals surface area contributed by atoms with E-state index in [0.717, 1.165) is 11.1 Å². The number of amides is 4. The molecule has 0 aliphatic carbocycles. The lowest BCUT2D eigenvalue weighted by Crippen LogP contribution is -2.16. The van der Waals surface area contributed by atoms with Crippen molar-refractivity contribution in [3.63, 3.8) is 0 Å². The fourth-order valence-electron chi connectivity index (χ4n) is 3.45. The van der Waals surface area contributed by atoms with Crippen molar-refractivity contribution in [2.45, 2.75) is 40.5 Å². The number of anilines is 4. The number of hydrogen-bond donors (Lipinski definition) is 4. The summed E-state index contributed by atoms with van der Waals surface area (Å²) in [4.78, 5) is 49.0. The fourth-order valence-corrected chi connectivity index (χ4v) is 3.45. The van der Waals surface area contributed by atoms with E-state index >= 15 is 0 Å². The SMILES string of the molecule is CCC(=O)Nc1cccc(NC(=O)c2ccc(C(=O)Nc3cccc(NC(=O)CC)c3C)cc2)c1C. The predicted molar refractivity (Wildman–Crippen MR) is 143 cm³/mol. The summed E-state index contributed by atoms with van der Waals surface area (Å²) in [5, 5.41) is 11.3. The first-order valence-corrected chi connectivity index (χ1v) is 11.7. The van der Waals surface area contributed by atoms with Gasteiger partial charge >= 0.3 is 0 Å². The van der Waals surface area contributed by atoms with E-state index in [4.69, 9.17) is 0 Å². The molecule has 3 aromatic rings. The van der Waals surface area contributed by atoms with Crippen molar-refractivity contribution in [3.05, 3.63) is 82.9 Å². The molecule has 8 nitrogen and oxygen atoms in total. The molecule has 8 heteroatoms. The summed E-state index contributed by atoms with van der Waals surface area (Å²) >= 11 is 0. The zero-order valence-corrected chi connectivity index (χ0v) is 20.8. The van der Waals surface area contributed by atoms with Gasteiger partial charge in [-0.25, -0.2) is 0 Å². The van der Waals surface area contributed by atoms with Gasteiger partial charge in [0, 0.05) is 46.7 Å². The van der Waals surface area contributed by atoms with Crippen molar-refractivity contribution < 1.29 is 19.2 Å². The molecule has 0 atom stereocenters. The fraction of sp³-hybridized carbons (Fsp3) is 0.214. The van der Waals surface area contributed by atoms with E-state index < -0.39 is 0 Å². The minimum absolute atomic E-state index is 0.108. The van der Waals surface area contributed by atoms with Gasteiger partial charge in [0.15, 0.2) is 0 Å². The van der Waals surface area contributed by atoms with Crippen LogP contribution in [0.3, 0.4) is 0 Å². The molecule has 0 aromatic heterocycles. The Morgan fingerprint density at radius 1 is 0.528 bits per heavy atom. The maximum absolute atomic E-state index is 12.8. The predicted octanol–water partition coefficient (Wildman–Crippen LogP) is 5.51. The van der Waals surface area contributed by atoms with E-state index in [1.807, 2.05) is 13.8 Å². The highest BCUT2D eigenvalue weighted by atomic mass is 16.2. The minimum Gasteiger partial charge on any atom is -0.326 e. The molecule has 0 aliphatic heterocycles. The first-order valence-electron chi connectivity index (χ1n) is 11.7. The van der Waals surface area contributed by atoms with Crippen LogP contribution in [-0.2, 0) is 9.59 Å². The van der Waals surface area contributed by atoms with E-state index in [9.17, 15) is 19.2 Å². The van der Waals surface area contributed by atoms with Crippen LogP contribution in [0.4, 0.5) is 22.7 Å². The van der Waals surface area contributed by atoms with Gasteiger partial charge in [0.1, 0.15) is 0 Å². The molecule has 4 amide bonds. The highest BCUT2D eigenvalue weighted by molar-refractivity contribution is 6.08. The van der Waals surface area contributed by atoms with Crippen molar-refractivity contribution in [2.24, 2.45) is 0 Å². The molecule has 0 spiro atoms. The minimum atomic E-state index is -0.334. The van der Waals surface area contributed by atoms with E-state index in [1.54, 1.807) is 74.5 Å². The number of carbonyl (C=O) groups excluding carboxylic acids is 4. The normalized spacial score (nSPS) is 10.3. The Balaban J connectivity index is 1.69. The molecule has 0 saturated heterocycles. The average Bonchev–Trinajstić information content (AvgIpc) is 2.88. The Morgan fingerprint density at radius 3 is 1.14 bits per heavy atom. The van der Waals surface area contributed by atoms with Gasteiger partial charge in [-0.05, 0) is 73.5 Å². The third-order valence-corrected chi connectivity index (χ3v) is 5.76. The summed E-state index contributed by atoms with van der Waals surface area (Å²) in [7, 11) is 0. The molecule has 36 heavy (non-hydrogen) atoms. The largest absolute Gasteiger partial charge is 0.326 e. The van der Waals surface area contributed by atoms with Gasteiger partial charge < -0.3 is 21.3 Å². The van der Waals surface area contributed by atoms with Crippen molar-refractivity contribution in [1.82, 2.24) is 0 Å². The van der Waals surface area contributed by atoms with Crippen LogP contribution in [0, 0.1) is 13.8 Å². The Morgan fingerprint density at radius 2 is 0.833 bits per heavy atom. The van der Waals surface area contributed by atoms with Gasteiger partial charge in [-0.3, -0.25) is 19.2 Å². The van der Waals surface area contributed by atoms with Gasteiger partial charge in [-0.15, -0.1) is 0 Å². The highest BCUT2D eigenvalue weighted by Gasteiger charge is 2.14. The molecule has 0 heterocycles. The molecule has 3 rings (SSSR count). The quantitative estimate of drug-likeness (QED) is 0.336. The second-order valence-corrected chi connectivity index (χ2v) is 8.25. The number of benzene rings is 3. The van der Waals surface area contributed by atoms with Gasteiger partial charge in [-0.1, -0.05) is 26.0 Å². The third-order valence-electron chi connectivity index (χ3n) is 5.76. The van der Waals surface area contributed by atoms with E-state index in [-0.39, 0.29) is 23.6 Å². The van der Waals surface area contributed by atoms with Crippen molar-refractivity contribution >= 4 is 46.4 Å². The summed E-state index contributed by atoms with van der Waals surface area (Å²) < 4.78 is 0.